The van der Waals surface area contributed by atoms with Gasteiger partial charge in [0.1, 0.15) is 17.4 Å². The van der Waals surface area contributed by atoms with Gasteiger partial charge in [-0.15, -0.1) is 5.10 Å². The molecule has 0 atom stereocenters. The lowest BCUT2D eigenvalue weighted by molar-refractivity contribution is 0.414. The minimum Gasteiger partial charge on any atom is -0.497 e. The summed E-state index contributed by atoms with van der Waals surface area (Å²) < 4.78 is 5.14. The Morgan fingerprint density at radius 3 is 2.55 bits per heavy atom. The van der Waals surface area contributed by atoms with Crippen LogP contribution in [-0.4, -0.2) is 23.9 Å². The van der Waals surface area contributed by atoms with Crippen LogP contribution in [-0.2, 0) is 6.42 Å². The topological polar surface area (TPSA) is 70.8 Å². The maximum Gasteiger partial charge on any atom is 0.166 e. The van der Waals surface area contributed by atoms with Gasteiger partial charge in [0.25, 0.3) is 0 Å². The van der Waals surface area contributed by atoms with Gasteiger partial charge in [0.2, 0.25) is 0 Å². The second-order valence-electron chi connectivity index (χ2n) is 5.12. The van der Waals surface area contributed by atoms with E-state index < -0.39 is 0 Å². The first-order chi connectivity index (χ1) is 10.7. The molecule has 1 aromatic heterocycles. The maximum absolute atomic E-state index is 9.24. The molecule has 1 N–H and O–H groups in total. The van der Waals surface area contributed by atoms with Crippen LogP contribution < -0.4 is 10.1 Å². The van der Waals surface area contributed by atoms with E-state index in [4.69, 9.17) is 4.74 Å². The Morgan fingerprint density at radius 2 is 1.91 bits per heavy atom. The van der Waals surface area contributed by atoms with Crippen molar-refractivity contribution in [3.05, 3.63) is 46.6 Å². The first-order valence-corrected chi connectivity index (χ1v) is 7.26. The molecule has 0 unspecified atom stereocenters. The van der Waals surface area contributed by atoms with Crippen molar-refractivity contribution in [2.45, 2.75) is 26.7 Å². The molecule has 0 amide bonds. The fraction of sp³-hybridized carbons (Fsp3) is 0.353. The van der Waals surface area contributed by atoms with Crippen molar-refractivity contribution in [1.29, 1.82) is 5.26 Å². The number of nitrogens with one attached hydrogen (secondary N) is 1. The molecule has 5 heteroatoms. The van der Waals surface area contributed by atoms with Crippen LogP contribution in [0.15, 0.2) is 24.3 Å². The third-order valence-electron chi connectivity index (χ3n) is 3.66. The summed E-state index contributed by atoms with van der Waals surface area (Å²) in [7, 11) is 1.66. The number of aryl methyl sites for hydroxylation is 2. The van der Waals surface area contributed by atoms with Crippen molar-refractivity contribution in [1.82, 2.24) is 10.2 Å². The summed E-state index contributed by atoms with van der Waals surface area (Å²) in [6.07, 6.45) is 1.91. The molecule has 0 bridgehead atoms. The van der Waals surface area contributed by atoms with Crippen molar-refractivity contribution in [2.24, 2.45) is 0 Å². The van der Waals surface area contributed by atoms with E-state index in [2.05, 4.69) is 33.7 Å². The van der Waals surface area contributed by atoms with Crippen molar-refractivity contribution in [3.8, 4) is 11.8 Å². The molecule has 0 saturated heterocycles. The van der Waals surface area contributed by atoms with Gasteiger partial charge >= 0.3 is 0 Å². The van der Waals surface area contributed by atoms with Crippen LogP contribution in [0.3, 0.4) is 0 Å². The molecule has 0 aliphatic heterocycles. The molecule has 1 aromatic carbocycles. The van der Waals surface area contributed by atoms with Gasteiger partial charge in [-0.1, -0.05) is 12.1 Å². The molecular formula is C17H20N4O. The van der Waals surface area contributed by atoms with Gasteiger partial charge in [-0.2, -0.15) is 10.4 Å². The van der Waals surface area contributed by atoms with E-state index in [1.54, 1.807) is 7.11 Å². The highest BCUT2D eigenvalue weighted by Crippen LogP contribution is 2.17. The molecule has 0 spiro atoms. The molecule has 2 aromatic rings. The quantitative estimate of drug-likeness (QED) is 0.830. The number of benzene rings is 1. The molecule has 1 heterocycles. The van der Waals surface area contributed by atoms with Crippen molar-refractivity contribution < 1.29 is 4.74 Å². The second-order valence-corrected chi connectivity index (χ2v) is 5.12. The number of hydrogen-bond acceptors (Lipinski definition) is 5. The van der Waals surface area contributed by atoms with Gasteiger partial charge in [0.15, 0.2) is 5.82 Å². The highest BCUT2D eigenvalue weighted by molar-refractivity contribution is 5.55. The molecule has 0 radical (unpaired) electrons. The SMILES string of the molecule is COc1ccc(CCCNc2nnc(C)c(C)c2C#N)cc1. The predicted octanol–water partition coefficient (Wildman–Crippen LogP) is 3.02. The summed E-state index contributed by atoms with van der Waals surface area (Å²) in [4.78, 5) is 0. The molecule has 0 fully saturated rings. The van der Waals surface area contributed by atoms with E-state index in [1.807, 2.05) is 26.0 Å². The molecule has 5 nitrogen and oxygen atoms in total. The second kappa shape index (κ2) is 7.41. The van der Waals surface area contributed by atoms with E-state index in [-0.39, 0.29) is 0 Å². The van der Waals surface area contributed by atoms with E-state index in [0.29, 0.717) is 11.4 Å². The van der Waals surface area contributed by atoms with Gasteiger partial charge in [0, 0.05) is 6.54 Å². The predicted molar refractivity (Wildman–Crippen MR) is 86.0 cm³/mol. The van der Waals surface area contributed by atoms with Gasteiger partial charge in [-0.25, -0.2) is 0 Å². The smallest absolute Gasteiger partial charge is 0.166 e. The summed E-state index contributed by atoms with van der Waals surface area (Å²) in [5.74, 6) is 1.44. The number of nitriles is 1. The number of ether oxygens (including phenoxy) is 1. The van der Waals surface area contributed by atoms with E-state index in [0.717, 1.165) is 36.4 Å². The van der Waals surface area contributed by atoms with Gasteiger partial charge < -0.3 is 10.1 Å². The monoisotopic (exact) mass is 296 g/mol. The summed E-state index contributed by atoms with van der Waals surface area (Å²) >= 11 is 0. The van der Waals surface area contributed by atoms with Crippen LogP contribution >= 0.6 is 0 Å². The molecule has 0 aliphatic carbocycles. The highest BCUT2D eigenvalue weighted by Gasteiger charge is 2.09. The van der Waals surface area contributed by atoms with Crippen molar-refractivity contribution >= 4 is 5.82 Å². The molecule has 114 valence electrons. The molecule has 22 heavy (non-hydrogen) atoms. The number of methoxy groups -OCH3 is 1. The van der Waals surface area contributed by atoms with Crippen molar-refractivity contribution in [2.75, 3.05) is 19.0 Å². The molecular weight excluding hydrogens is 276 g/mol. The van der Waals surface area contributed by atoms with E-state index in [1.165, 1.54) is 5.56 Å². The summed E-state index contributed by atoms with van der Waals surface area (Å²) in [5.41, 5.74) is 3.52. The standard InChI is InChI=1S/C17H20N4O/c1-12-13(2)20-21-17(16(12)11-18)19-10-4-5-14-6-8-15(22-3)9-7-14/h6-9H,4-5,10H2,1-3H3,(H,19,21). The minimum atomic E-state index is 0.570. The maximum atomic E-state index is 9.24. The number of aromatic nitrogens is 2. The normalized spacial score (nSPS) is 10.1. The Hall–Kier alpha value is -2.61. The van der Waals surface area contributed by atoms with Crippen LogP contribution in [0.4, 0.5) is 5.82 Å². The van der Waals surface area contributed by atoms with Gasteiger partial charge in [0.05, 0.1) is 12.8 Å². The van der Waals surface area contributed by atoms with Crippen LogP contribution in [0.1, 0.15) is 28.8 Å². The average molecular weight is 296 g/mol. The highest BCUT2D eigenvalue weighted by atomic mass is 16.5. The summed E-state index contributed by atoms with van der Waals surface area (Å²) in [5, 5.41) is 20.6. The summed E-state index contributed by atoms with van der Waals surface area (Å²) in [6.45, 7) is 4.50. The number of hydrogen-bond donors (Lipinski definition) is 1. The first-order valence-electron chi connectivity index (χ1n) is 7.26. The first kappa shape index (κ1) is 15.8. The Morgan fingerprint density at radius 1 is 1.18 bits per heavy atom. The van der Waals surface area contributed by atoms with E-state index >= 15 is 0 Å². The lowest BCUT2D eigenvalue weighted by atomic mass is 10.1. The van der Waals surface area contributed by atoms with Crippen LogP contribution in [0.5, 0.6) is 5.75 Å². The Kier molecular flexibility index (Phi) is 5.31. The van der Waals surface area contributed by atoms with Gasteiger partial charge in [-0.3, -0.25) is 0 Å². The average Bonchev–Trinajstić information content (AvgIpc) is 2.55. The number of nitrogens with zero attached hydrogens (tertiary/aromatic N) is 3. The minimum absolute atomic E-state index is 0.570. The van der Waals surface area contributed by atoms with Gasteiger partial charge in [-0.05, 0) is 49.9 Å². The fourth-order valence-electron chi connectivity index (χ4n) is 2.16. The molecule has 2 rings (SSSR count). The zero-order chi connectivity index (χ0) is 15.9. The van der Waals surface area contributed by atoms with Crippen LogP contribution in [0, 0.1) is 25.2 Å². The lowest BCUT2D eigenvalue weighted by Crippen LogP contribution is -2.09. The van der Waals surface area contributed by atoms with Crippen LogP contribution in [0.2, 0.25) is 0 Å². The zero-order valence-electron chi connectivity index (χ0n) is 13.2. The molecule has 0 aliphatic rings. The number of rotatable bonds is 6. The largest absolute Gasteiger partial charge is 0.497 e. The Balaban J connectivity index is 1.89. The zero-order valence-corrected chi connectivity index (χ0v) is 13.2. The van der Waals surface area contributed by atoms with E-state index in [9.17, 15) is 5.26 Å². The molecule has 0 saturated carbocycles. The lowest BCUT2D eigenvalue weighted by Gasteiger charge is -2.09. The summed E-state index contributed by atoms with van der Waals surface area (Å²) in [6, 6.07) is 10.3. The Bertz CT molecular complexity index is 674. The van der Waals surface area contributed by atoms with Crippen LogP contribution in [0.25, 0.3) is 0 Å². The fourth-order valence-corrected chi connectivity index (χ4v) is 2.16. The third kappa shape index (κ3) is 3.73. The third-order valence-corrected chi connectivity index (χ3v) is 3.66. The van der Waals surface area contributed by atoms with Crippen molar-refractivity contribution in [3.63, 3.8) is 0 Å². The Labute approximate surface area is 131 Å². The number of anilines is 1.